The summed E-state index contributed by atoms with van der Waals surface area (Å²) >= 11 is 3.42. The molecule has 0 radical (unpaired) electrons. The predicted octanol–water partition coefficient (Wildman–Crippen LogP) is 2.15. The lowest BCUT2D eigenvalue weighted by molar-refractivity contribution is 0.148. The lowest BCUT2D eigenvalue weighted by Gasteiger charge is -2.20. The first kappa shape index (κ1) is 12.5. The topological polar surface area (TPSA) is 55.5 Å². The molecule has 0 bridgehead atoms. The molecule has 2 atom stereocenters. The van der Waals surface area contributed by atoms with E-state index in [-0.39, 0.29) is 6.04 Å². The Bertz CT molecular complexity index is 353. The summed E-state index contributed by atoms with van der Waals surface area (Å²) in [6.07, 6.45) is -0.711. The van der Waals surface area contributed by atoms with Gasteiger partial charge < -0.3 is 15.6 Å². The van der Waals surface area contributed by atoms with Crippen molar-refractivity contribution in [1.82, 2.24) is 0 Å². The number of rotatable bonds is 3. The maximum Gasteiger partial charge on any atom is 0.125 e. The normalized spacial score (nSPS) is 14.8. The predicted molar refractivity (Wildman–Crippen MR) is 64.0 cm³/mol. The first-order valence-corrected chi connectivity index (χ1v) is 5.55. The van der Waals surface area contributed by atoms with Crippen LogP contribution in [-0.4, -0.2) is 18.3 Å². The van der Waals surface area contributed by atoms with Crippen molar-refractivity contribution in [3.63, 3.8) is 0 Å². The van der Waals surface area contributed by atoms with Gasteiger partial charge in [0.15, 0.2) is 0 Å². The molecule has 0 amide bonds. The van der Waals surface area contributed by atoms with Gasteiger partial charge in [0.05, 0.1) is 13.2 Å². The van der Waals surface area contributed by atoms with Crippen LogP contribution in [0.25, 0.3) is 0 Å². The fourth-order valence-corrected chi connectivity index (χ4v) is 1.83. The minimum Gasteiger partial charge on any atom is -0.496 e. The maximum atomic E-state index is 9.99. The van der Waals surface area contributed by atoms with E-state index in [1.807, 2.05) is 19.1 Å². The number of hydrogen-bond acceptors (Lipinski definition) is 3. The molecule has 0 aliphatic rings. The standard InChI is InChI=1S/C11H16BrNO2/c1-6-8(12)4-5-9(15-3)10(6)11(14)7(2)13/h4-5,7,11,14H,13H2,1-3H3. The fraction of sp³-hybridized carbons (Fsp3) is 0.455. The third-order valence-electron chi connectivity index (χ3n) is 2.42. The van der Waals surface area contributed by atoms with Crippen LogP contribution in [0.1, 0.15) is 24.2 Å². The van der Waals surface area contributed by atoms with E-state index in [2.05, 4.69) is 15.9 Å². The van der Waals surface area contributed by atoms with Gasteiger partial charge >= 0.3 is 0 Å². The average Bonchev–Trinajstić information content (AvgIpc) is 2.20. The number of aliphatic hydroxyl groups excluding tert-OH is 1. The summed E-state index contributed by atoms with van der Waals surface area (Å²) in [4.78, 5) is 0. The zero-order valence-electron chi connectivity index (χ0n) is 9.12. The summed E-state index contributed by atoms with van der Waals surface area (Å²) < 4.78 is 6.16. The first-order valence-electron chi connectivity index (χ1n) is 4.75. The van der Waals surface area contributed by atoms with Gasteiger partial charge in [-0.3, -0.25) is 0 Å². The zero-order valence-corrected chi connectivity index (χ0v) is 10.7. The first-order chi connectivity index (χ1) is 6.99. The van der Waals surface area contributed by atoms with Crippen LogP contribution in [0.4, 0.5) is 0 Å². The Labute approximate surface area is 98.4 Å². The van der Waals surface area contributed by atoms with E-state index in [1.54, 1.807) is 14.0 Å². The van der Waals surface area contributed by atoms with Crippen LogP contribution < -0.4 is 10.5 Å². The Morgan fingerprint density at radius 2 is 2.07 bits per heavy atom. The van der Waals surface area contributed by atoms with Crippen LogP contribution in [0, 0.1) is 6.92 Å². The van der Waals surface area contributed by atoms with Crippen LogP contribution >= 0.6 is 15.9 Å². The van der Waals surface area contributed by atoms with Crippen LogP contribution in [0.3, 0.4) is 0 Å². The van der Waals surface area contributed by atoms with Crippen LogP contribution in [-0.2, 0) is 0 Å². The second-order valence-corrected chi connectivity index (χ2v) is 4.45. The van der Waals surface area contributed by atoms with E-state index in [0.29, 0.717) is 5.75 Å². The Kier molecular flexibility index (Phi) is 4.13. The molecule has 15 heavy (non-hydrogen) atoms. The number of benzene rings is 1. The van der Waals surface area contributed by atoms with Crippen molar-refractivity contribution in [3.05, 3.63) is 27.7 Å². The Morgan fingerprint density at radius 3 is 2.53 bits per heavy atom. The van der Waals surface area contributed by atoms with Gasteiger partial charge in [-0.1, -0.05) is 15.9 Å². The third-order valence-corrected chi connectivity index (χ3v) is 3.28. The van der Waals surface area contributed by atoms with Crippen molar-refractivity contribution in [2.24, 2.45) is 5.73 Å². The van der Waals surface area contributed by atoms with Crippen molar-refractivity contribution in [2.75, 3.05) is 7.11 Å². The quantitative estimate of drug-likeness (QED) is 0.888. The highest BCUT2D eigenvalue weighted by Gasteiger charge is 2.20. The SMILES string of the molecule is COc1ccc(Br)c(C)c1C(O)C(C)N. The molecule has 0 saturated heterocycles. The van der Waals surface area contributed by atoms with Gasteiger partial charge in [-0.25, -0.2) is 0 Å². The minimum atomic E-state index is -0.711. The maximum absolute atomic E-state index is 9.99. The summed E-state index contributed by atoms with van der Waals surface area (Å²) in [5.74, 6) is 0.667. The molecule has 0 fully saturated rings. The van der Waals surface area contributed by atoms with Crippen molar-refractivity contribution in [1.29, 1.82) is 0 Å². The van der Waals surface area contributed by atoms with E-state index in [9.17, 15) is 5.11 Å². The Hall–Kier alpha value is -0.580. The molecule has 0 aliphatic carbocycles. The van der Waals surface area contributed by atoms with Crippen molar-refractivity contribution >= 4 is 15.9 Å². The molecule has 0 spiro atoms. The van der Waals surface area contributed by atoms with Gasteiger partial charge in [-0.05, 0) is 31.5 Å². The molecule has 3 nitrogen and oxygen atoms in total. The molecule has 1 aromatic rings. The second-order valence-electron chi connectivity index (χ2n) is 3.59. The molecule has 2 unspecified atom stereocenters. The molecule has 1 aromatic carbocycles. The highest BCUT2D eigenvalue weighted by Crippen LogP contribution is 2.34. The summed E-state index contributed by atoms with van der Waals surface area (Å²) in [5.41, 5.74) is 7.40. The number of halogens is 1. The summed E-state index contributed by atoms with van der Waals surface area (Å²) in [5, 5.41) is 9.99. The van der Waals surface area contributed by atoms with Gasteiger partial charge in [-0.15, -0.1) is 0 Å². The Balaban J connectivity index is 3.29. The van der Waals surface area contributed by atoms with Crippen molar-refractivity contribution in [3.8, 4) is 5.75 Å². The van der Waals surface area contributed by atoms with Gasteiger partial charge in [0.1, 0.15) is 5.75 Å². The molecule has 0 aromatic heterocycles. The number of nitrogens with two attached hydrogens (primary N) is 1. The van der Waals surface area contributed by atoms with Crippen LogP contribution in [0.5, 0.6) is 5.75 Å². The van der Waals surface area contributed by atoms with Crippen molar-refractivity contribution < 1.29 is 9.84 Å². The fourth-order valence-electron chi connectivity index (χ4n) is 1.49. The molecule has 0 aliphatic heterocycles. The number of methoxy groups -OCH3 is 1. The molecule has 3 N–H and O–H groups in total. The molecule has 0 heterocycles. The largest absolute Gasteiger partial charge is 0.496 e. The van der Waals surface area contributed by atoms with E-state index >= 15 is 0 Å². The van der Waals surface area contributed by atoms with E-state index < -0.39 is 6.10 Å². The summed E-state index contributed by atoms with van der Waals surface area (Å²) in [7, 11) is 1.58. The van der Waals surface area contributed by atoms with Crippen LogP contribution in [0.15, 0.2) is 16.6 Å². The van der Waals surface area contributed by atoms with Gasteiger partial charge in [0.25, 0.3) is 0 Å². The van der Waals surface area contributed by atoms with Crippen LogP contribution in [0.2, 0.25) is 0 Å². The van der Waals surface area contributed by atoms with E-state index in [1.165, 1.54) is 0 Å². The Morgan fingerprint density at radius 1 is 1.47 bits per heavy atom. The zero-order chi connectivity index (χ0) is 11.6. The third kappa shape index (κ3) is 2.51. The summed E-state index contributed by atoms with van der Waals surface area (Å²) in [6, 6.07) is 3.38. The molecule has 1 rings (SSSR count). The molecule has 0 saturated carbocycles. The number of ether oxygens (including phenoxy) is 1. The highest BCUT2D eigenvalue weighted by molar-refractivity contribution is 9.10. The minimum absolute atomic E-state index is 0.327. The smallest absolute Gasteiger partial charge is 0.125 e. The molecular formula is C11H16BrNO2. The van der Waals surface area contributed by atoms with Gasteiger partial charge in [0.2, 0.25) is 0 Å². The number of hydrogen-bond donors (Lipinski definition) is 2. The highest BCUT2D eigenvalue weighted by atomic mass is 79.9. The van der Waals surface area contributed by atoms with E-state index in [0.717, 1.165) is 15.6 Å². The lowest BCUT2D eigenvalue weighted by Crippen LogP contribution is -2.25. The average molecular weight is 274 g/mol. The molecular weight excluding hydrogens is 258 g/mol. The van der Waals surface area contributed by atoms with E-state index in [4.69, 9.17) is 10.5 Å². The number of aliphatic hydroxyl groups is 1. The molecule has 4 heteroatoms. The van der Waals surface area contributed by atoms with Gasteiger partial charge in [0, 0.05) is 16.1 Å². The molecule has 84 valence electrons. The second kappa shape index (κ2) is 4.96. The summed E-state index contributed by atoms with van der Waals surface area (Å²) in [6.45, 7) is 3.69. The monoisotopic (exact) mass is 273 g/mol. The lowest BCUT2D eigenvalue weighted by atomic mass is 9.98. The van der Waals surface area contributed by atoms with Crippen molar-refractivity contribution in [2.45, 2.75) is 26.0 Å². The van der Waals surface area contributed by atoms with Gasteiger partial charge in [-0.2, -0.15) is 0 Å².